The first-order valence-corrected chi connectivity index (χ1v) is 6.67. The Bertz CT molecular complexity index is 394. The minimum Gasteiger partial charge on any atom is -0.469 e. The lowest BCUT2D eigenvalue weighted by molar-refractivity contribution is -0.145. The number of anilines is 1. The van der Waals surface area contributed by atoms with E-state index >= 15 is 0 Å². The second-order valence-electron chi connectivity index (χ2n) is 4.24. The summed E-state index contributed by atoms with van der Waals surface area (Å²) in [4.78, 5) is 15.7. The minimum atomic E-state index is -0.0965. The molecule has 0 aromatic carbocycles. The minimum absolute atomic E-state index is 0.0380. The molecule has 1 saturated carbocycles. The fourth-order valence-electron chi connectivity index (χ4n) is 2.12. The van der Waals surface area contributed by atoms with E-state index in [4.69, 9.17) is 4.74 Å². The number of rotatable bonds is 4. The maximum absolute atomic E-state index is 11.4. The van der Waals surface area contributed by atoms with Gasteiger partial charge >= 0.3 is 5.97 Å². The Labute approximate surface area is 105 Å². The van der Waals surface area contributed by atoms with Crippen LogP contribution in [0.15, 0.2) is 0 Å². The molecular formula is C11H17N3O2S. The summed E-state index contributed by atoms with van der Waals surface area (Å²) in [5.74, 6) is 0.817. The van der Waals surface area contributed by atoms with Crippen molar-refractivity contribution in [3.63, 3.8) is 0 Å². The van der Waals surface area contributed by atoms with E-state index in [1.165, 1.54) is 18.6 Å². The smallest absolute Gasteiger partial charge is 0.308 e. The Morgan fingerprint density at radius 2 is 2.41 bits per heavy atom. The van der Waals surface area contributed by atoms with Gasteiger partial charge in [0, 0.05) is 24.0 Å². The first-order chi connectivity index (χ1) is 8.22. The maximum Gasteiger partial charge on any atom is 0.308 e. The monoisotopic (exact) mass is 255 g/mol. The van der Waals surface area contributed by atoms with Gasteiger partial charge in [-0.15, -0.1) is 0 Å². The number of aryl methyl sites for hydroxylation is 1. The summed E-state index contributed by atoms with van der Waals surface area (Å²) in [6, 6.07) is 0.316. The number of methoxy groups -OCH3 is 1. The standard InChI is InChI=1S/C11H17N3O2S/c1-3-9-13-11(17-14-9)12-8-5-4-7(6-8)10(15)16-2/h7-8H,3-6H2,1-2H3,(H,12,13,14)/t7-,8+/m0/s1. The van der Waals surface area contributed by atoms with Crippen LogP contribution in [0, 0.1) is 5.92 Å². The topological polar surface area (TPSA) is 64.1 Å². The van der Waals surface area contributed by atoms with Crippen molar-refractivity contribution in [1.82, 2.24) is 9.36 Å². The molecule has 17 heavy (non-hydrogen) atoms. The molecule has 0 spiro atoms. The van der Waals surface area contributed by atoms with Crippen LogP contribution in [0.5, 0.6) is 0 Å². The van der Waals surface area contributed by atoms with Gasteiger partial charge < -0.3 is 10.1 Å². The van der Waals surface area contributed by atoms with Gasteiger partial charge in [0.05, 0.1) is 13.0 Å². The van der Waals surface area contributed by atoms with Crippen molar-refractivity contribution in [2.24, 2.45) is 5.92 Å². The zero-order valence-corrected chi connectivity index (χ0v) is 10.9. The molecule has 5 nitrogen and oxygen atoms in total. The third-order valence-corrected chi connectivity index (χ3v) is 3.76. The number of nitrogens with one attached hydrogen (secondary N) is 1. The summed E-state index contributed by atoms with van der Waals surface area (Å²) < 4.78 is 8.99. The summed E-state index contributed by atoms with van der Waals surface area (Å²) in [6.45, 7) is 2.04. The average molecular weight is 255 g/mol. The van der Waals surface area contributed by atoms with Gasteiger partial charge in [-0.1, -0.05) is 6.92 Å². The Morgan fingerprint density at radius 3 is 3.06 bits per heavy atom. The molecule has 1 fully saturated rings. The van der Waals surface area contributed by atoms with Gasteiger partial charge in [0.25, 0.3) is 0 Å². The van der Waals surface area contributed by atoms with Crippen LogP contribution in [-0.4, -0.2) is 28.5 Å². The van der Waals surface area contributed by atoms with E-state index in [1.807, 2.05) is 6.92 Å². The zero-order chi connectivity index (χ0) is 12.3. The van der Waals surface area contributed by atoms with Crippen LogP contribution in [0.25, 0.3) is 0 Å². The SMILES string of the molecule is CCc1nsc(N[C@@H]2CC[C@H](C(=O)OC)C2)n1. The van der Waals surface area contributed by atoms with E-state index < -0.39 is 0 Å². The number of carbonyl (C=O) groups excluding carboxylic acids is 1. The molecule has 2 atom stereocenters. The van der Waals surface area contributed by atoms with E-state index in [2.05, 4.69) is 14.7 Å². The second-order valence-corrected chi connectivity index (χ2v) is 5.00. The molecule has 0 radical (unpaired) electrons. The predicted molar refractivity (Wildman–Crippen MR) is 66.1 cm³/mol. The van der Waals surface area contributed by atoms with Gasteiger partial charge in [0.2, 0.25) is 5.13 Å². The highest BCUT2D eigenvalue weighted by Crippen LogP contribution is 2.29. The number of aromatic nitrogens is 2. The molecule has 1 N–H and O–H groups in total. The van der Waals surface area contributed by atoms with Crippen LogP contribution in [0.1, 0.15) is 32.0 Å². The van der Waals surface area contributed by atoms with E-state index in [0.717, 1.165) is 36.6 Å². The third kappa shape index (κ3) is 2.94. The van der Waals surface area contributed by atoms with Crippen LogP contribution >= 0.6 is 11.5 Å². The summed E-state index contributed by atoms with van der Waals surface area (Å²) >= 11 is 1.39. The molecule has 0 aliphatic heterocycles. The van der Waals surface area contributed by atoms with Crippen molar-refractivity contribution < 1.29 is 9.53 Å². The number of carbonyl (C=O) groups is 1. The molecule has 1 aliphatic carbocycles. The van der Waals surface area contributed by atoms with Crippen LogP contribution in [0.2, 0.25) is 0 Å². The van der Waals surface area contributed by atoms with E-state index in [-0.39, 0.29) is 11.9 Å². The first-order valence-electron chi connectivity index (χ1n) is 5.90. The predicted octanol–water partition coefficient (Wildman–Crippen LogP) is 1.85. The first kappa shape index (κ1) is 12.3. The lowest BCUT2D eigenvalue weighted by atomic mass is 10.1. The molecule has 1 aromatic rings. The Balaban J connectivity index is 1.87. The number of hydrogen-bond acceptors (Lipinski definition) is 6. The fraction of sp³-hybridized carbons (Fsp3) is 0.727. The van der Waals surface area contributed by atoms with Gasteiger partial charge in [-0.3, -0.25) is 4.79 Å². The Hall–Kier alpha value is -1.17. The van der Waals surface area contributed by atoms with Crippen molar-refractivity contribution in [3.8, 4) is 0 Å². The number of ether oxygens (including phenoxy) is 1. The molecule has 1 heterocycles. The molecule has 94 valence electrons. The van der Waals surface area contributed by atoms with Gasteiger partial charge in [0.1, 0.15) is 5.82 Å². The van der Waals surface area contributed by atoms with Gasteiger partial charge in [0.15, 0.2) is 0 Å². The second kappa shape index (κ2) is 5.44. The molecule has 0 saturated heterocycles. The Morgan fingerprint density at radius 1 is 1.59 bits per heavy atom. The van der Waals surface area contributed by atoms with Crippen molar-refractivity contribution in [3.05, 3.63) is 5.82 Å². The van der Waals surface area contributed by atoms with E-state index in [9.17, 15) is 4.79 Å². The quantitative estimate of drug-likeness (QED) is 0.832. The van der Waals surface area contributed by atoms with Crippen LogP contribution in [-0.2, 0) is 16.0 Å². The molecule has 2 rings (SSSR count). The zero-order valence-electron chi connectivity index (χ0n) is 10.1. The van der Waals surface area contributed by atoms with Gasteiger partial charge in [-0.2, -0.15) is 4.37 Å². The summed E-state index contributed by atoms with van der Waals surface area (Å²) in [5.41, 5.74) is 0. The van der Waals surface area contributed by atoms with E-state index in [0.29, 0.717) is 6.04 Å². The molecule has 0 amide bonds. The van der Waals surface area contributed by atoms with E-state index in [1.54, 1.807) is 0 Å². The average Bonchev–Trinajstić information content (AvgIpc) is 2.97. The normalized spacial score (nSPS) is 23.6. The lowest BCUT2D eigenvalue weighted by Gasteiger charge is -2.10. The highest BCUT2D eigenvalue weighted by molar-refractivity contribution is 7.09. The number of hydrogen-bond donors (Lipinski definition) is 1. The molecule has 0 bridgehead atoms. The van der Waals surface area contributed by atoms with Crippen molar-refractivity contribution >= 4 is 22.6 Å². The number of nitrogens with zero attached hydrogens (tertiary/aromatic N) is 2. The van der Waals surface area contributed by atoms with Crippen LogP contribution < -0.4 is 5.32 Å². The lowest BCUT2D eigenvalue weighted by Crippen LogP contribution is -2.18. The molecular weight excluding hydrogens is 238 g/mol. The molecule has 1 aromatic heterocycles. The van der Waals surface area contributed by atoms with Crippen molar-refractivity contribution in [2.75, 3.05) is 12.4 Å². The summed E-state index contributed by atoms with van der Waals surface area (Å²) in [7, 11) is 1.45. The molecule has 0 unspecified atom stereocenters. The third-order valence-electron chi connectivity index (χ3n) is 3.08. The molecule has 6 heteroatoms. The highest BCUT2D eigenvalue weighted by Gasteiger charge is 2.30. The van der Waals surface area contributed by atoms with Gasteiger partial charge in [-0.05, 0) is 19.3 Å². The van der Waals surface area contributed by atoms with Crippen molar-refractivity contribution in [2.45, 2.75) is 38.6 Å². The maximum atomic E-state index is 11.4. The Kier molecular flexibility index (Phi) is 3.93. The number of esters is 1. The molecule has 1 aliphatic rings. The largest absolute Gasteiger partial charge is 0.469 e. The fourth-order valence-corrected chi connectivity index (χ4v) is 2.85. The van der Waals surface area contributed by atoms with Gasteiger partial charge in [-0.25, -0.2) is 4.98 Å². The summed E-state index contributed by atoms with van der Waals surface area (Å²) in [6.07, 6.45) is 3.56. The summed E-state index contributed by atoms with van der Waals surface area (Å²) in [5, 5.41) is 4.20. The van der Waals surface area contributed by atoms with Crippen LogP contribution in [0.4, 0.5) is 5.13 Å². The van der Waals surface area contributed by atoms with Crippen molar-refractivity contribution in [1.29, 1.82) is 0 Å². The van der Waals surface area contributed by atoms with Crippen LogP contribution in [0.3, 0.4) is 0 Å². The highest BCUT2D eigenvalue weighted by atomic mass is 32.1.